The molecule has 0 bridgehead atoms. The molecular weight excluding hydrogens is 388 g/mol. The minimum atomic E-state index is -0.0717. The van der Waals surface area contributed by atoms with E-state index >= 15 is 0 Å². The van der Waals surface area contributed by atoms with E-state index in [0.29, 0.717) is 0 Å². The third-order valence-electron chi connectivity index (χ3n) is 3.99. The highest BCUT2D eigenvalue weighted by Crippen LogP contribution is 2.40. The average molecular weight is 408 g/mol. The fourth-order valence-electron chi connectivity index (χ4n) is 2.71. The van der Waals surface area contributed by atoms with Gasteiger partial charge < -0.3 is 4.74 Å². The summed E-state index contributed by atoms with van der Waals surface area (Å²) in [7, 11) is 1.62. The van der Waals surface area contributed by atoms with Crippen LogP contribution >= 0.6 is 23.1 Å². The van der Waals surface area contributed by atoms with Gasteiger partial charge in [0.2, 0.25) is 4.21 Å². The zero-order valence-electron chi connectivity index (χ0n) is 14.9. The molecule has 4 rings (SSSR count). The van der Waals surface area contributed by atoms with Crippen molar-refractivity contribution < 1.29 is 4.74 Å². The molecular formula is C23H19OS3+. The number of rotatable bonds is 6. The molecule has 0 saturated carbocycles. The number of thiophene rings is 1. The van der Waals surface area contributed by atoms with Crippen LogP contribution in [0.25, 0.3) is 0 Å². The van der Waals surface area contributed by atoms with Gasteiger partial charge in [0.05, 0.1) is 11.3 Å². The lowest BCUT2D eigenvalue weighted by molar-refractivity contribution is 0.414. The Morgan fingerprint density at radius 1 is 0.704 bits per heavy atom. The number of ether oxygens (including phenoxy) is 1. The molecule has 1 heterocycles. The molecule has 0 N–H and O–H groups in total. The summed E-state index contributed by atoms with van der Waals surface area (Å²) < 4.78 is 7.94. The highest BCUT2D eigenvalue weighted by Gasteiger charge is 2.30. The fraction of sp³-hybridized carbons (Fsp3) is 0.0435. The van der Waals surface area contributed by atoms with Gasteiger partial charge in [0.1, 0.15) is 16.6 Å². The van der Waals surface area contributed by atoms with Gasteiger partial charge in [-0.2, -0.15) is 0 Å². The number of benzene rings is 3. The van der Waals surface area contributed by atoms with Crippen LogP contribution in [-0.2, 0) is 10.9 Å². The molecule has 0 fully saturated rings. The van der Waals surface area contributed by atoms with Crippen LogP contribution in [0.2, 0.25) is 0 Å². The third-order valence-corrected chi connectivity index (χ3v) is 8.79. The Morgan fingerprint density at radius 3 is 1.85 bits per heavy atom. The zero-order valence-corrected chi connectivity index (χ0v) is 17.3. The summed E-state index contributed by atoms with van der Waals surface area (Å²) in [6.07, 6.45) is 0. The fourth-order valence-corrected chi connectivity index (χ4v) is 7.68. The molecule has 1 nitrogen and oxygen atoms in total. The van der Waals surface area contributed by atoms with Gasteiger partial charge in [0.25, 0.3) is 0 Å². The van der Waals surface area contributed by atoms with Crippen molar-refractivity contribution in [3.8, 4) is 5.75 Å². The SMILES string of the molecule is COc1ccc(Sc2ccc([S+](c3ccccc3)c3ccccc3)s2)cc1. The number of hydrogen-bond acceptors (Lipinski definition) is 3. The maximum Gasteiger partial charge on any atom is 0.221 e. The van der Waals surface area contributed by atoms with Crippen molar-refractivity contribution in [2.45, 2.75) is 23.1 Å². The molecule has 4 aromatic rings. The van der Waals surface area contributed by atoms with Crippen molar-refractivity contribution in [3.05, 3.63) is 97.1 Å². The van der Waals surface area contributed by atoms with Crippen LogP contribution < -0.4 is 4.74 Å². The van der Waals surface area contributed by atoms with Crippen molar-refractivity contribution in [1.29, 1.82) is 0 Å². The van der Waals surface area contributed by atoms with E-state index in [4.69, 9.17) is 4.74 Å². The Morgan fingerprint density at radius 2 is 1.30 bits per heavy atom. The Balaban J connectivity index is 1.63. The summed E-state index contributed by atoms with van der Waals surface area (Å²) in [6.45, 7) is 0. The monoisotopic (exact) mass is 407 g/mol. The van der Waals surface area contributed by atoms with E-state index in [9.17, 15) is 0 Å². The lowest BCUT2D eigenvalue weighted by atomic mass is 10.3. The first-order valence-electron chi connectivity index (χ1n) is 8.59. The first-order valence-corrected chi connectivity index (χ1v) is 11.5. The average Bonchev–Trinajstić information content (AvgIpc) is 3.18. The zero-order chi connectivity index (χ0) is 18.5. The van der Waals surface area contributed by atoms with Crippen molar-refractivity contribution in [2.75, 3.05) is 7.11 Å². The van der Waals surface area contributed by atoms with E-state index in [0.717, 1.165) is 5.75 Å². The molecule has 27 heavy (non-hydrogen) atoms. The largest absolute Gasteiger partial charge is 0.497 e. The van der Waals surface area contributed by atoms with Gasteiger partial charge in [0, 0.05) is 11.0 Å². The lowest BCUT2D eigenvalue weighted by Crippen LogP contribution is -2.02. The smallest absolute Gasteiger partial charge is 0.221 e. The summed E-state index contributed by atoms with van der Waals surface area (Å²) in [4.78, 5) is 3.93. The molecule has 0 unspecified atom stereocenters. The van der Waals surface area contributed by atoms with Gasteiger partial charge >= 0.3 is 0 Å². The first kappa shape index (κ1) is 18.2. The van der Waals surface area contributed by atoms with E-state index in [-0.39, 0.29) is 10.9 Å². The number of hydrogen-bond donors (Lipinski definition) is 0. The standard InChI is InChI=1S/C23H19OS3/c1-24-18-12-14-19(15-13-18)25-22-16-17-23(26-22)27(20-8-4-2-5-9-20)21-10-6-3-7-11-21/h2-17H,1H3/q+1. The minimum Gasteiger partial charge on any atom is -0.497 e. The van der Waals surface area contributed by atoms with E-state index < -0.39 is 0 Å². The predicted molar refractivity (Wildman–Crippen MR) is 116 cm³/mol. The summed E-state index contributed by atoms with van der Waals surface area (Å²) in [5.74, 6) is 0.890. The molecule has 134 valence electrons. The minimum absolute atomic E-state index is 0.0717. The molecule has 0 aliphatic heterocycles. The van der Waals surface area contributed by atoms with Crippen molar-refractivity contribution in [3.63, 3.8) is 0 Å². The van der Waals surface area contributed by atoms with Crippen molar-refractivity contribution in [2.24, 2.45) is 0 Å². The molecule has 0 radical (unpaired) electrons. The normalized spacial score (nSPS) is 10.9. The lowest BCUT2D eigenvalue weighted by Gasteiger charge is -2.05. The second kappa shape index (κ2) is 8.70. The van der Waals surface area contributed by atoms with Crippen LogP contribution in [0.4, 0.5) is 0 Å². The van der Waals surface area contributed by atoms with Crippen LogP contribution in [0.15, 0.2) is 120 Å². The summed E-state index contributed by atoms with van der Waals surface area (Å²) in [5, 5.41) is 0. The maximum atomic E-state index is 5.25. The van der Waals surface area contributed by atoms with E-state index in [1.165, 1.54) is 23.1 Å². The van der Waals surface area contributed by atoms with E-state index in [1.807, 2.05) is 23.5 Å². The van der Waals surface area contributed by atoms with E-state index in [2.05, 4.69) is 84.9 Å². The van der Waals surface area contributed by atoms with Crippen LogP contribution in [0.3, 0.4) is 0 Å². The number of methoxy groups -OCH3 is 1. The summed E-state index contributed by atoms with van der Waals surface area (Å²) in [6, 6.07) is 34.3. The highest BCUT2D eigenvalue weighted by molar-refractivity contribution is 8.02. The first-order chi connectivity index (χ1) is 13.3. The van der Waals surface area contributed by atoms with Gasteiger partial charge in [-0.05, 0) is 54.6 Å². The quantitative estimate of drug-likeness (QED) is 0.318. The molecule has 0 aliphatic carbocycles. The maximum absolute atomic E-state index is 5.25. The second-order valence-electron chi connectivity index (χ2n) is 5.78. The predicted octanol–water partition coefficient (Wildman–Crippen LogP) is 7.00. The molecule has 0 aliphatic rings. The van der Waals surface area contributed by atoms with Crippen molar-refractivity contribution in [1.82, 2.24) is 0 Å². The van der Waals surface area contributed by atoms with Gasteiger partial charge in [-0.25, -0.2) is 0 Å². The molecule has 4 heteroatoms. The van der Waals surface area contributed by atoms with Crippen LogP contribution in [-0.4, -0.2) is 7.11 Å². The van der Waals surface area contributed by atoms with E-state index in [1.54, 1.807) is 18.9 Å². The van der Waals surface area contributed by atoms with Crippen LogP contribution in [0, 0.1) is 0 Å². The Hall–Kier alpha value is -2.14. The van der Waals surface area contributed by atoms with Gasteiger partial charge in [-0.1, -0.05) is 59.5 Å². The topological polar surface area (TPSA) is 9.23 Å². The van der Waals surface area contributed by atoms with Gasteiger partial charge in [-0.15, -0.1) is 0 Å². The summed E-state index contributed by atoms with van der Waals surface area (Å²) in [5.41, 5.74) is 0. The second-order valence-corrected chi connectivity index (χ2v) is 10.5. The van der Waals surface area contributed by atoms with Crippen molar-refractivity contribution >= 4 is 34.0 Å². The highest BCUT2D eigenvalue weighted by atomic mass is 32.2. The molecule has 0 atom stereocenters. The Labute approximate surface area is 171 Å². The molecule has 3 aromatic carbocycles. The Bertz CT molecular complexity index is 940. The van der Waals surface area contributed by atoms with Crippen LogP contribution in [0.1, 0.15) is 0 Å². The molecule has 0 saturated heterocycles. The van der Waals surface area contributed by atoms with Gasteiger partial charge in [-0.3, -0.25) is 0 Å². The van der Waals surface area contributed by atoms with Gasteiger partial charge in [0.15, 0.2) is 9.79 Å². The third kappa shape index (κ3) is 4.41. The summed E-state index contributed by atoms with van der Waals surface area (Å²) >= 11 is 3.68. The van der Waals surface area contributed by atoms with Crippen LogP contribution in [0.5, 0.6) is 5.75 Å². The molecule has 0 spiro atoms. The molecule has 0 amide bonds. The Kier molecular flexibility index (Phi) is 5.87. The molecule has 1 aromatic heterocycles.